The highest BCUT2D eigenvalue weighted by Gasteiger charge is 2.24. The molecule has 0 aliphatic rings. The summed E-state index contributed by atoms with van der Waals surface area (Å²) in [4.78, 5) is 28.5. The fourth-order valence-corrected chi connectivity index (χ4v) is 4.28. The van der Waals surface area contributed by atoms with E-state index in [-0.39, 0.29) is 23.8 Å². The summed E-state index contributed by atoms with van der Waals surface area (Å²) in [7, 11) is 0. The zero-order valence-corrected chi connectivity index (χ0v) is 23.0. The van der Waals surface area contributed by atoms with Gasteiger partial charge in [0.15, 0.2) is 0 Å². The van der Waals surface area contributed by atoms with E-state index < -0.39 is 0 Å². The van der Waals surface area contributed by atoms with Crippen molar-refractivity contribution in [3.05, 3.63) is 112 Å². The number of carbonyl (C=O) groups excluding carboxylic acids is 2. The molecule has 2 amide bonds. The molecule has 38 heavy (non-hydrogen) atoms. The summed E-state index contributed by atoms with van der Waals surface area (Å²) >= 11 is 6.47. The number of anilines is 1. The summed E-state index contributed by atoms with van der Waals surface area (Å²) in [5.41, 5.74) is 3.86. The van der Waals surface area contributed by atoms with E-state index in [2.05, 4.69) is 33.0 Å². The van der Waals surface area contributed by atoms with Crippen molar-refractivity contribution >= 4 is 29.2 Å². The van der Waals surface area contributed by atoms with E-state index in [0.717, 1.165) is 23.2 Å². The van der Waals surface area contributed by atoms with Crippen LogP contribution in [0, 0.1) is 0 Å². The molecule has 7 heteroatoms. The minimum Gasteiger partial charge on any atom is -0.325 e. The van der Waals surface area contributed by atoms with Gasteiger partial charge in [-0.25, -0.2) is 4.68 Å². The lowest BCUT2D eigenvalue weighted by Gasteiger charge is -2.23. The molecule has 1 N–H and O–H groups in total. The molecule has 4 rings (SSSR count). The Morgan fingerprint density at radius 3 is 2.21 bits per heavy atom. The highest BCUT2D eigenvalue weighted by Crippen LogP contribution is 2.29. The molecule has 0 bridgehead atoms. The maximum atomic E-state index is 13.5. The smallest absolute Gasteiger partial charge is 0.254 e. The number of amides is 2. The number of aryl methyl sites for hydroxylation is 1. The number of aromatic nitrogens is 2. The van der Waals surface area contributed by atoms with Gasteiger partial charge in [-0.1, -0.05) is 93.9 Å². The maximum Gasteiger partial charge on any atom is 0.254 e. The number of hydrogen-bond acceptors (Lipinski definition) is 3. The van der Waals surface area contributed by atoms with Crippen molar-refractivity contribution in [3.63, 3.8) is 0 Å². The van der Waals surface area contributed by atoms with Crippen molar-refractivity contribution in [1.29, 1.82) is 0 Å². The zero-order valence-electron chi connectivity index (χ0n) is 22.2. The van der Waals surface area contributed by atoms with Crippen molar-refractivity contribution in [2.75, 3.05) is 11.9 Å². The third kappa shape index (κ3) is 6.50. The molecule has 3 aromatic carbocycles. The minimum absolute atomic E-state index is 0.123. The number of hydrogen-bond donors (Lipinski definition) is 1. The van der Waals surface area contributed by atoms with Gasteiger partial charge in [-0.3, -0.25) is 9.59 Å². The molecule has 0 atom stereocenters. The summed E-state index contributed by atoms with van der Waals surface area (Å²) in [6.07, 6.45) is 0.889. The number of para-hydroxylation sites is 1. The van der Waals surface area contributed by atoms with Gasteiger partial charge in [-0.05, 0) is 41.8 Å². The van der Waals surface area contributed by atoms with Gasteiger partial charge >= 0.3 is 0 Å². The van der Waals surface area contributed by atoms with Crippen LogP contribution in [0.15, 0.2) is 84.9 Å². The third-order valence-corrected chi connectivity index (χ3v) is 6.59. The molecule has 196 valence electrons. The van der Waals surface area contributed by atoms with Crippen LogP contribution in [0.3, 0.4) is 0 Å². The third-order valence-electron chi connectivity index (χ3n) is 6.27. The molecule has 6 nitrogen and oxygen atoms in total. The Hall–Kier alpha value is -3.90. The zero-order chi connectivity index (χ0) is 27.3. The number of carbonyl (C=O) groups is 2. The van der Waals surface area contributed by atoms with Gasteiger partial charge in [0, 0.05) is 23.6 Å². The van der Waals surface area contributed by atoms with Crippen molar-refractivity contribution < 1.29 is 9.59 Å². The Kier molecular flexibility index (Phi) is 8.32. The minimum atomic E-state index is -0.326. The van der Waals surface area contributed by atoms with Crippen LogP contribution in [-0.4, -0.2) is 33.0 Å². The van der Waals surface area contributed by atoms with E-state index in [4.69, 9.17) is 16.7 Å². The van der Waals surface area contributed by atoms with Gasteiger partial charge in [0.25, 0.3) is 5.91 Å². The predicted molar refractivity (Wildman–Crippen MR) is 153 cm³/mol. The molecule has 0 spiro atoms. The fourth-order valence-electron chi connectivity index (χ4n) is 4.07. The van der Waals surface area contributed by atoms with Crippen LogP contribution in [-0.2, 0) is 23.2 Å². The van der Waals surface area contributed by atoms with Gasteiger partial charge in [-0.15, -0.1) is 0 Å². The predicted octanol–water partition coefficient (Wildman–Crippen LogP) is 6.67. The molecule has 0 aliphatic carbocycles. The highest BCUT2D eigenvalue weighted by molar-refractivity contribution is 6.32. The number of rotatable bonds is 8. The van der Waals surface area contributed by atoms with Gasteiger partial charge < -0.3 is 10.2 Å². The molecule has 4 aromatic rings. The van der Waals surface area contributed by atoms with Crippen molar-refractivity contribution in [1.82, 2.24) is 14.7 Å². The lowest BCUT2D eigenvalue weighted by Crippen LogP contribution is -2.37. The van der Waals surface area contributed by atoms with Crippen LogP contribution in [0.2, 0.25) is 5.02 Å². The molecular weight excluding hydrogens is 496 g/mol. The molecule has 0 aliphatic heterocycles. The van der Waals surface area contributed by atoms with Gasteiger partial charge in [-0.2, -0.15) is 5.10 Å². The summed E-state index contributed by atoms with van der Waals surface area (Å²) in [6.45, 7) is 8.43. The lowest BCUT2D eigenvalue weighted by atomic mass is 9.92. The van der Waals surface area contributed by atoms with Gasteiger partial charge in [0.1, 0.15) is 12.4 Å². The first-order valence-corrected chi connectivity index (χ1v) is 13.1. The molecule has 0 unspecified atom stereocenters. The molecule has 1 heterocycles. The Bertz CT molecular complexity index is 1410. The first kappa shape index (κ1) is 27.1. The molecule has 0 fully saturated rings. The van der Waals surface area contributed by atoms with E-state index in [9.17, 15) is 9.59 Å². The van der Waals surface area contributed by atoms with Gasteiger partial charge in [0.2, 0.25) is 5.91 Å². The van der Waals surface area contributed by atoms with Crippen LogP contribution in [0.5, 0.6) is 0 Å². The standard InChI is InChI=1S/C31H33ClN4O2/c1-5-22-15-17-24(18-16-22)30(38)35(20-23-11-7-6-8-12-23)21-29(37)33-28-19-27(31(2,3)4)34-36(28)26-14-10-9-13-25(26)32/h6-19H,5,20-21H2,1-4H3,(H,33,37). The van der Waals surface area contributed by atoms with Crippen LogP contribution in [0.1, 0.15) is 54.9 Å². The summed E-state index contributed by atoms with van der Waals surface area (Å²) in [5, 5.41) is 8.24. The van der Waals surface area contributed by atoms with Crippen molar-refractivity contribution in [2.45, 2.75) is 46.1 Å². The van der Waals surface area contributed by atoms with Crippen LogP contribution < -0.4 is 5.32 Å². The number of nitrogens with zero attached hydrogens (tertiary/aromatic N) is 3. The average Bonchev–Trinajstić information content (AvgIpc) is 3.33. The summed E-state index contributed by atoms with van der Waals surface area (Å²) in [6, 6.07) is 26.4. The summed E-state index contributed by atoms with van der Waals surface area (Å²) in [5.74, 6) is -0.0396. The second-order valence-electron chi connectivity index (χ2n) is 10.3. The van der Waals surface area contributed by atoms with Crippen LogP contribution in [0.25, 0.3) is 5.69 Å². The molecule has 0 radical (unpaired) electrons. The van der Waals surface area contributed by atoms with Crippen LogP contribution >= 0.6 is 11.6 Å². The average molecular weight is 529 g/mol. The first-order chi connectivity index (χ1) is 18.2. The van der Waals surface area contributed by atoms with Crippen molar-refractivity contribution in [3.8, 4) is 5.69 Å². The normalized spacial score (nSPS) is 11.3. The first-order valence-electron chi connectivity index (χ1n) is 12.7. The Labute approximate surface area is 229 Å². The van der Waals surface area contributed by atoms with E-state index in [1.54, 1.807) is 15.6 Å². The molecule has 1 aromatic heterocycles. The van der Waals surface area contributed by atoms with Crippen molar-refractivity contribution in [2.24, 2.45) is 0 Å². The quantitative estimate of drug-likeness (QED) is 0.278. The number of halogens is 1. The van der Waals surface area contributed by atoms with E-state index in [0.29, 0.717) is 28.6 Å². The maximum absolute atomic E-state index is 13.5. The molecular formula is C31H33ClN4O2. The molecule has 0 saturated heterocycles. The monoisotopic (exact) mass is 528 g/mol. The topological polar surface area (TPSA) is 67.2 Å². The largest absolute Gasteiger partial charge is 0.325 e. The lowest BCUT2D eigenvalue weighted by molar-refractivity contribution is -0.117. The second kappa shape index (κ2) is 11.7. The van der Waals surface area contributed by atoms with Crippen LogP contribution in [0.4, 0.5) is 5.82 Å². The number of benzene rings is 3. The second-order valence-corrected chi connectivity index (χ2v) is 10.7. The molecule has 0 saturated carbocycles. The Morgan fingerprint density at radius 2 is 1.58 bits per heavy atom. The highest BCUT2D eigenvalue weighted by atomic mass is 35.5. The Morgan fingerprint density at radius 1 is 0.921 bits per heavy atom. The van der Waals surface area contributed by atoms with E-state index >= 15 is 0 Å². The fraction of sp³-hybridized carbons (Fsp3) is 0.258. The van der Waals surface area contributed by atoms with E-state index in [1.807, 2.05) is 78.9 Å². The Balaban J connectivity index is 1.62. The van der Waals surface area contributed by atoms with E-state index in [1.165, 1.54) is 0 Å². The summed E-state index contributed by atoms with van der Waals surface area (Å²) < 4.78 is 1.65. The SMILES string of the molecule is CCc1ccc(C(=O)N(CC(=O)Nc2cc(C(C)(C)C)nn2-c2ccccc2Cl)Cc2ccccc2)cc1. The number of nitrogens with one attached hydrogen (secondary N) is 1. The van der Waals surface area contributed by atoms with Gasteiger partial charge in [0.05, 0.1) is 16.4 Å².